The number of phenols is 1. The fraction of sp³-hybridized carbons (Fsp3) is 0.458. The number of phenolic OH excluding ortho intramolecular Hbond substituents is 1. The Morgan fingerprint density at radius 3 is 2.66 bits per heavy atom. The topological polar surface area (TPSA) is 160 Å². The van der Waals surface area contributed by atoms with Crippen LogP contribution in [-0.2, 0) is 19.3 Å². The van der Waals surface area contributed by atoms with Crippen LogP contribution >= 0.6 is 22.7 Å². The summed E-state index contributed by atoms with van der Waals surface area (Å²) in [7, 11) is 1.65. The van der Waals surface area contributed by atoms with Crippen LogP contribution in [-0.4, -0.2) is 70.1 Å². The fourth-order valence-electron chi connectivity index (χ4n) is 10.8. The van der Waals surface area contributed by atoms with Gasteiger partial charge in [-0.3, -0.25) is 9.79 Å². The largest absolute Gasteiger partial charge is 0.508 e. The number of anilines is 1. The molecule has 0 radical (unpaired) electrons. The first-order chi connectivity index (χ1) is 28.4. The Morgan fingerprint density at radius 1 is 1.07 bits per heavy atom. The molecule has 9 unspecified atom stereocenters. The molecule has 8 N–H and O–H groups in total. The maximum Gasteiger partial charge on any atom is 0.188 e. The van der Waals surface area contributed by atoms with E-state index in [1.165, 1.54) is 11.3 Å². The first-order valence-corrected chi connectivity index (χ1v) is 22.4. The molecule has 2 aromatic heterocycles. The van der Waals surface area contributed by atoms with Crippen LogP contribution in [0.25, 0.3) is 9.75 Å². The predicted octanol–water partition coefficient (Wildman–Crippen LogP) is 6.61. The predicted molar refractivity (Wildman–Crippen MR) is 237 cm³/mol. The SMILES string of the molecule is CC#Cc1ccc(-c2ccc(C(=O)C3CCC4CC35CC(C(O)CO)C(C5)C3C#Cc5c(cc(O)cc5NCC(C)(O)Cc5cccc(c5)C3)CC4NC(N)=NC)s2)s1. The van der Waals surface area contributed by atoms with E-state index in [2.05, 4.69) is 57.5 Å². The Balaban J connectivity index is 1.28. The number of β-amino-alcohol motifs (C(OH)–C–C–N with tert-alkyl or cyclic N) is 1. The van der Waals surface area contributed by atoms with Crippen molar-refractivity contribution in [3.8, 4) is 39.2 Å². The number of benzene rings is 2. The standard InChI is InChI=1S/C48H54N4O5S2/c1-4-6-34-11-14-42(58-34)43-15-16-44(59-43)45(56)38-13-10-31-23-48(38)24-36(37(25-48)41(55)26-53)30-9-12-35-32(20-39(31)52-46(49)50-3)19-33(54)21-40(35)51-27-47(2,57)22-29-8-5-7-28(17-29)18-30/h5,7-8,11,14-17,19,21,30-31,36-39,41,51,53-55,57H,10,13,18,20,22-27H2,1-3H3,(H3,49,50,52). The van der Waals surface area contributed by atoms with E-state index in [-0.39, 0.29) is 60.3 Å². The first kappa shape index (κ1) is 41.1. The van der Waals surface area contributed by atoms with Gasteiger partial charge in [-0.15, -0.1) is 28.6 Å². The highest BCUT2D eigenvalue weighted by atomic mass is 32.1. The molecule has 9 atom stereocenters. The average molecular weight is 831 g/mol. The van der Waals surface area contributed by atoms with E-state index in [1.54, 1.807) is 30.5 Å². The number of carbonyl (C=O) groups excluding carboxylic acids is 1. The van der Waals surface area contributed by atoms with Gasteiger partial charge in [0.2, 0.25) is 0 Å². The smallest absolute Gasteiger partial charge is 0.188 e. The zero-order valence-electron chi connectivity index (χ0n) is 33.9. The highest BCUT2D eigenvalue weighted by Crippen LogP contribution is 2.61. The second-order valence-electron chi connectivity index (χ2n) is 17.5. The number of hydrogen-bond donors (Lipinski definition) is 7. The van der Waals surface area contributed by atoms with Crippen molar-refractivity contribution in [2.75, 3.05) is 25.5 Å². The summed E-state index contributed by atoms with van der Waals surface area (Å²) in [4.78, 5) is 23.2. The fourth-order valence-corrected chi connectivity index (χ4v) is 12.8. The Kier molecular flexibility index (Phi) is 11.7. The normalized spacial score (nSPS) is 29.4. The molecule has 2 aromatic carbocycles. The van der Waals surface area contributed by atoms with Crippen molar-refractivity contribution in [2.45, 2.75) is 83.0 Å². The van der Waals surface area contributed by atoms with E-state index < -0.39 is 17.1 Å². The summed E-state index contributed by atoms with van der Waals surface area (Å²) in [6.45, 7) is 3.50. The summed E-state index contributed by atoms with van der Waals surface area (Å²) < 4.78 is 0. The second kappa shape index (κ2) is 16.8. The van der Waals surface area contributed by atoms with E-state index in [9.17, 15) is 20.4 Å². The lowest BCUT2D eigenvalue weighted by atomic mass is 9.58. The second-order valence-corrected chi connectivity index (χ2v) is 19.7. The number of ketones is 1. The number of nitrogens with zero attached hydrogens (tertiary/aromatic N) is 1. The molecule has 9 nitrogen and oxygen atoms in total. The molecule has 2 saturated carbocycles. The molecular formula is C48H54N4O5S2. The molecular weight excluding hydrogens is 777 g/mol. The van der Waals surface area contributed by atoms with Crippen LogP contribution in [0.1, 0.15) is 82.8 Å². The monoisotopic (exact) mass is 830 g/mol. The lowest BCUT2D eigenvalue weighted by Crippen LogP contribution is -2.50. The van der Waals surface area contributed by atoms with Gasteiger partial charge in [-0.1, -0.05) is 42.0 Å². The molecule has 0 saturated heterocycles. The first-order valence-electron chi connectivity index (χ1n) is 20.7. The lowest BCUT2D eigenvalue weighted by Gasteiger charge is -2.47. The van der Waals surface area contributed by atoms with Gasteiger partial charge in [-0.05, 0) is 129 Å². The van der Waals surface area contributed by atoms with Gasteiger partial charge in [0.05, 0.1) is 39.3 Å². The van der Waals surface area contributed by atoms with Gasteiger partial charge < -0.3 is 36.8 Å². The summed E-state index contributed by atoms with van der Waals surface area (Å²) in [5, 5.41) is 52.2. The molecule has 0 amide bonds. The van der Waals surface area contributed by atoms with Crippen molar-refractivity contribution < 1.29 is 25.2 Å². The van der Waals surface area contributed by atoms with Gasteiger partial charge in [0, 0.05) is 53.7 Å². The van der Waals surface area contributed by atoms with E-state index in [0.717, 1.165) is 48.2 Å². The summed E-state index contributed by atoms with van der Waals surface area (Å²) in [5.41, 5.74) is 9.16. The maximum absolute atomic E-state index is 15.1. The van der Waals surface area contributed by atoms with E-state index >= 15 is 4.79 Å². The van der Waals surface area contributed by atoms with Crippen LogP contribution in [0.3, 0.4) is 0 Å². The summed E-state index contributed by atoms with van der Waals surface area (Å²) >= 11 is 3.17. The molecule has 8 rings (SSSR count). The lowest BCUT2D eigenvalue weighted by molar-refractivity contribution is 0.0134. The molecule has 11 heteroatoms. The molecule has 4 aliphatic rings. The van der Waals surface area contributed by atoms with E-state index in [4.69, 9.17) is 5.73 Å². The van der Waals surface area contributed by atoms with Crippen molar-refractivity contribution in [3.63, 3.8) is 0 Å². The van der Waals surface area contributed by atoms with Crippen LogP contribution < -0.4 is 16.4 Å². The number of hydrogen-bond acceptors (Lipinski definition) is 9. The molecule has 7 bridgehead atoms. The van der Waals surface area contributed by atoms with Gasteiger partial charge in [-0.2, -0.15) is 0 Å². The quantitative estimate of drug-likeness (QED) is 0.0495. The van der Waals surface area contributed by atoms with E-state index in [0.29, 0.717) is 56.6 Å². The molecule has 59 heavy (non-hydrogen) atoms. The van der Waals surface area contributed by atoms with Crippen LogP contribution in [0.2, 0.25) is 0 Å². The highest BCUT2D eigenvalue weighted by molar-refractivity contribution is 7.23. The van der Waals surface area contributed by atoms with Gasteiger partial charge in [0.1, 0.15) is 5.75 Å². The number of guanidine groups is 1. The molecule has 1 spiro atoms. The van der Waals surface area contributed by atoms with Crippen LogP contribution in [0.4, 0.5) is 5.69 Å². The Bertz CT molecular complexity index is 2380. The molecule has 1 aliphatic heterocycles. The minimum atomic E-state index is -1.10. The third-order valence-electron chi connectivity index (χ3n) is 13.4. The zero-order chi connectivity index (χ0) is 41.5. The number of aromatic hydroxyl groups is 1. The highest BCUT2D eigenvalue weighted by Gasteiger charge is 2.57. The van der Waals surface area contributed by atoms with Crippen molar-refractivity contribution >= 4 is 40.1 Å². The number of thiophene rings is 2. The van der Waals surface area contributed by atoms with Crippen molar-refractivity contribution in [1.82, 2.24) is 5.32 Å². The van der Waals surface area contributed by atoms with Crippen LogP contribution in [0.5, 0.6) is 5.75 Å². The van der Waals surface area contributed by atoms with Crippen LogP contribution in [0.15, 0.2) is 65.7 Å². The summed E-state index contributed by atoms with van der Waals surface area (Å²) in [5.74, 6) is 13.1. The summed E-state index contributed by atoms with van der Waals surface area (Å²) in [6.07, 6.45) is 3.90. The van der Waals surface area contributed by atoms with Gasteiger partial charge in [-0.25, -0.2) is 0 Å². The number of fused-ring (bicyclic) bond motifs is 6. The van der Waals surface area contributed by atoms with Gasteiger partial charge in [0.25, 0.3) is 0 Å². The minimum Gasteiger partial charge on any atom is -0.508 e. The number of aliphatic hydroxyl groups is 3. The number of carbonyl (C=O) groups is 1. The number of rotatable bonds is 6. The van der Waals surface area contributed by atoms with Crippen molar-refractivity contribution in [2.24, 2.45) is 45.7 Å². The molecule has 3 aliphatic carbocycles. The number of Topliss-reactive ketones (excluding diaryl/α,β-unsaturated/α-hetero) is 1. The van der Waals surface area contributed by atoms with Gasteiger partial charge in [0.15, 0.2) is 11.7 Å². The molecule has 308 valence electrons. The van der Waals surface area contributed by atoms with E-state index in [1.807, 2.05) is 44.2 Å². The van der Waals surface area contributed by atoms with Crippen LogP contribution in [0, 0.1) is 58.7 Å². The summed E-state index contributed by atoms with van der Waals surface area (Å²) in [6, 6.07) is 19.7. The molecule has 3 heterocycles. The van der Waals surface area contributed by atoms with Crippen molar-refractivity contribution in [3.05, 3.63) is 92.7 Å². The Labute approximate surface area is 355 Å². The maximum atomic E-state index is 15.1. The average Bonchev–Trinajstić information content (AvgIpc) is 3.98. The zero-order valence-corrected chi connectivity index (χ0v) is 35.6. The Morgan fingerprint density at radius 2 is 1.86 bits per heavy atom. The Hall–Kier alpha value is -4.62. The van der Waals surface area contributed by atoms with Crippen molar-refractivity contribution in [1.29, 1.82) is 0 Å². The molecule has 4 aromatic rings. The third-order valence-corrected chi connectivity index (χ3v) is 15.7. The third kappa shape index (κ3) is 8.55. The molecule has 2 fully saturated rings. The number of nitrogens with two attached hydrogens (primary N) is 1. The minimum absolute atomic E-state index is 0.0603. The number of aliphatic imine (C=N–C) groups is 1. The number of nitrogens with one attached hydrogen (secondary N) is 2. The number of aliphatic hydroxyl groups excluding tert-OH is 2. The van der Waals surface area contributed by atoms with Gasteiger partial charge >= 0.3 is 0 Å².